The molecule has 0 bridgehead atoms. The highest BCUT2D eigenvalue weighted by atomic mass is 79.9. The van der Waals surface area contributed by atoms with Crippen molar-refractivity contribution in [3.05, 3.63) is 94.4 Å². The van der Waals surface area contributed by atoms with Crippen molar-refractivity contribution >= 4 is 56.6 Å². The SMILES string of the molecule is Br.Cc1ccc(Nc2nc(-c3cccc(N4C(=O)c5ccccc5C4=O)c3)cs2)cc1C. The molecule has 0 spiro atoms. The van der Waals surface area contributed by atoms with Crippen LogP contribution in [-0.4, -0.2) is 16.8 Å². The molecule has 1 aliphatic heterocycles. The van der Waals surface area contributed by atoms with Crippen molar-refractivity contribution in [3.8, 4) is 11.3 Å². The molecule has 7 heteroatoms. The monoisotopic (exact) mass is 505 g/mol. The van der Waals surface area contributed by atoms with Gasteiger partial charge in [-0.25, -0.2) is 9.88 Å². The quantitative estimate of drug-likeness (QED) is 0.319. The molecule has 1 aromatic heterocycles. The average molecular weight is 506 g/mol. The summed E-state index contributed by atoms with van der Waals surface area (Å²) in [6.45, 7) is 4.17. The molecule has 0 fully saturated rings. The Morgan fingerprint density at radius 3 is 2.25 bits per heavy atom. The van der Waals surface area contributed by atoms with Crippen LogP contribution >= 0.6 is 28.3 Å². The first-order valence-electron chi connectivity index (χ1n) is 9.89. The van der Waals surface area contributed by atoms with Crippen molar-refractivity contribution in [3.63, 3.8) is 0 Å². The van der Waals surface area contributed by atoms with Crippen LogP contribution in [-0.2, 0) is 0 Å². The van der Waals surface area contributed by atoms with Gasteiger partial charge in [0.25, 0.3) is 11.8 Å². The zero-order valence-electron chi connectivity index (χ0n) is 17.5. The molecule has 0 aliphatic carbocycles. The van der Waals surface area contributed by atoms with E-state index < -0.39 is 0 Å². The number of hydrogen-bond donors (Lipinski definition) is 1. The Kier molecular flexibility index (Phi) is 5.95. The van der Waals surface area contributed by atoms with Crippen LogP contribution in [0.1, 0.15) is 31.8 Å². The summed E-state index contributed by atoms with van der Waals surface area (Å²) in [4.78, 5) is 31.5. The molecule has 0 unspecified atom stereocenters. The first kappa shape index (κ1) is 21.9. The van der Waals surface area contributed by atoms with Crippen LogP contribution in [0.4, 0.5) is 16.5 Å². The van der Waals surface area contributed by atoms with Crippen LogP contribution in [0, 0.1) is 13.8 Å². The Balaban J connectivity index is 0.00000245. The normalized spacial score (nSPS) is 12.5. The van der Waals surface area contributed by atoms with Crippen LogP contribution in [0.25, 0.3) is 11.3 Å². The van der Waals surface area contributed by atoms with Gasteiger partial charge in [0.15, 0.2) is 5.13 Å². The third-order valence-electron chi connectivity index (χ3n) is 5.46. The average Bonchev–Trinajstić information content (AvgIpc) is 3.34. The van der Waals surface area contributed by atoms with Gasteiger partial charge >= 0.3 is 0 Å². The summed E-state index contributed by atoms with van der Waals surface area (Å²) in [7, 11) is 0. The second-order valence-electron chi connectivity index (χ2n) is 7.50. The number of nitrogens with one attached hydrogen (secondary N) is 1. The Hall–Kier alpha value is -3.29. The molecule has 1 N–H and O–H groups in total. The number of aromatic nitrogens is 1. The standard InChI is InChI=1S/C25H19N3O2S.BrH/c1-15-10-11-18(12-16(15)2)26-25-27-22(14-31-25)17-6-5-7-19(13-17)28-23(29)20-8-3-4-9-21(20)24(28)30;/h3-14H,1-2H3,(H,26,27);1H. The number of hydrogen-bond acceptors (Lipinski definition) is 5. The van der Waals surface area contributed by atoms with Crippen molar-refractivity contribution in [2.75, 3.05) is 10.2 Å². The third-order valence-corrected chi connectivity index (χ3v) is 6.21. The van der Waals surface area contributed by atoms with E-state index in [2.05, 4.69) is 31.3 Å². The van der Waals surface area contributed by atoms with E-state index in [-0.39, 0.29) is 28.8 Å². The number of carbonyl (C=O) groups is 2. The van der Waals surface area contributed by atoms with E-state index in [4.69, 9.17) is 4.98 Å². The van der Waals surface area contributed by atoms with Gasteiger partial charge in [0, 0.05) is 16.6 Å². The molecular formula is C25H20BrN3O2S. The summed E-state index contributed by atoms with van der Waals surface area (Å²) >= 11 is 1.51. The van der Waals surface area contributed by atoms with Crippen molar-refractivity contribution in [2.24, 2.45) is 0 Å². The number of benzene rings is 3. The molecule has 2 heterocycles. The highest BCUT2D eigenvalue weighted by Crippen LogP contribution is 2.33. The summed E-state index contributed by atoms with van der Waals surface area (Å²) in [6.07, 6.45) is 0. The zero-order chi connectivity index (χ0) is 21.5. The number of imide groups is 1. The van der Waals surface area contributed by atoms with Gasteiger partial charge in [-0.3, -0.25) is 9.59 Å². The maximum atomic E-state index is 12.8. The van der Waals surface area contributed by atoms with E-state index in [1.54, 1.807) is 30.3 Å². The predicted octanol–water partition coefficient (Wildman–Crippen LogP) is 6.55. The molecule has 0 saturated heterocycles. The Labute approximate surface area is 200 Å². The number of nitrogens with zero attached hydrogens (tertiary/aromatic N) is 2. The van der Waals surface area contributed by atoms with Gasteiger partial charge < -0.3 is 5.32 Å². The lowest BCUT2D eigenvalue weighted by molar-refractivity contribution is 0.0926. The third kappa shape index (κ3) is 3.85. The first-order chi connectivity index (χ1) is 15.0. The highest BCUT2D eigenvalue weighted by Gasteiger charge is 2.36. The van der Waals surface area contributed by atoms with Gasteiger partial charge in [-0.2, -0.15) is 0 Å². The van der Waals surface area contributed by atoms with Crippen LogP contribution in [0.15, 0.2) is 72.1 Å². The van der Waals surface area contributed by atoms with Gasteiger partial charge in [-0.1, -0.05) is 30.3 Å². The molecule has 1 aliphatic rings. The van der Waals surface area contributed by atoms with Gasteiger partial charge in [0.2, 0.25) is 0 Å². The number of carbonyl (C=O) groups excluding carboxylic acids is 2. The number of halogens is 1. The number of thiazole rings is 1. The molecule has 3 aromatic carbocycles. The van der Waals surface area contributed by atoms with Crippen LogP contribution in [0.5, 0.6) is 0 Å². The topological polar surface area (TPSA) is 62.3 Å². The van der Waals surface area contributed by atoms with E-state index in [1.807, 2.05) is 29.6 Å². The van der Waals surface area contributed by atoms with E-state index in [0.29, 0.717) is 16.8 Å². The highest BCUT2D eigenvalue weighted by molar-refractivity contribution is 8.93. The number of amides is 2. The Bertz CT molecular complexity index is 1310. The van der Waals surface area contributed by atoms with E-state index in [0.717, 1.165) is 22.1 Å². The summed E-state index contributed by atoms with van der Waals surface area (Å²) in [5.41, 5.74) is 6.50. The van der Waals surface area contributed by atoms with E-state index in [9.17, 15) is 9.59 Å². The largest absolute Gasteiger partial charge is 0.332 e. The summed E-state index contributed by atoms with van der Waals surface area (Å²) in [5, 5.41) is 6.09. The first-order valence-corrected chi connectivity index (χ1v) is 10.8. The minimum Gasteiger partial charge on any atom is -0.332 e. The minimum atomic E-state index is -0.298. The van der Waals surface area contributed by atoms with Crippen molar-refractivity contribution in [1.29, 1.82) is 0 Å². The summed E-state index contributed by atoms with van der Waals surface area (Å²) in [5.74, 6) is -0.596. The van der Waals surface area contributed by atoms with Gasteiger partial charge in [-0.15, -0.1) is 28.3 Å². The molecule has 32 heavy (non-hydrogen) atoms. The summed E-state index contributed by atoms with van der Waals surface area (Å²) < 4.78 is 0. The number of aryl methyl sites for hydroxylation is 2. The molecule has 4 aromatic rings. The Morgan fingerprint density at radius 2 is 1.56 bits per heavy atom. The smallest absolute Gasteiger partial charge is 0.266 e. The maximum absolute atomic E-state index is 12.8. The van der Waals surface area contributed by atoms with Crippen molar-refractivity contribution in [1.82, 2.24) is 4.98 Å². The second-order valence-corrected chi connectivity index (χ2v) is 8.36. The molecule has 160 valence electrons. The van der Waals surface area contributed by atoms with Crippen molar-refractivity contribution in [2.45, 2.75) is 13.8 Å². The Morgan fingerprint density at radius 1 is 0.844 bits per heavy atom. The molecule has 5 nitrogen and oxygen atoms in total. The fourth-order valence-electron chi connectivity index (χ4n) is 3.63. The minimum absolute atomic E-state index is 0. The lowest BCUT2D eigenvalue weighted by Gasteiger charge is -2.14. The van der Waals surface area contributed by atoms with Crippen LogP contribution in [0.2, 0.25) is 0 Å². The lowest BCUT2D eigenvalue weighted by Crippen LogP contribution is -2.29. The second kappa shape index (κ2) is 8.68. The molecule has 0 radical (unpaired) electrons. The summed E-state index contributed by atoms with van der Waals surface area (Å²) in [6, 6.07) is 20.5. The molecular weight excluding hydrogens is 486 g/mol. The number of fused-ring (bicyclic) bond motifs is 1. The fraction of sp³-hybridized carbons (Fsp3) is 0.0800. The fourth-order valence-corrected chi connectivity index (χ4v) is 4.37. The maximum Gasteiger partial charge on any atom is 0.266 e. The zero-order valence-corrected chi connectivity index (χ0v) is 20.0. The van der Waals surface area contributed by atoms with Crippen molar-refractivity contribution < 1.29 is 9.59 Å². The molecule has 0 saturated carbocycles. The van der Waals surface area contributed by atoms with Gasteiger partial charge in [-0.05, 0) is 61.4 Å². The molecule has 5 rings (SSSR count). The van der Waals surface area contributed by atoms with Crippen LogP contribution in [0.3, 0.4) is 0 Å². The predicted molar refractivity (Wildman–Crippen MR) is 135 cm³/mol. The van der Waals surface area contributed by atoms with Gasteiger partial charge in [0.1, 0.15) is 0 Å². The number of anilines is 3. The molecule has 0 atom stereocenters. The number of rotatable bonds is 4. The molecule has 2 amide bonds. The lowest BCUT2D eigenvalue weighted by atomic mass is 10.1. The van der Waals surface area contributed by atoms with E-state index in [1.165, 1.54) is 27.4 Å². The van der Waals surface area contributed by atoms with Crippen LogP contribution < -0.4 is 10.2 Å². The van der Waals surface area contributed by atoms with Gasteiger partial charge in [0.05, 0.1) is 22.5 Å². The van der Waals surface area contributed by atoms with E-state index >= 15 is 0 Å².